The fraction of sp³-hybridized carbons (Fsp3) is 0.556. The molecule has 0 spiro atoms. The molecule has 0 saturated carbocycles. The van der Waals surface area contributed by atoms with Gasteiger partial charge in [-0.05, 0) is 31.4 Å². The van der Waals surface area contributed by atoms with Crippen LogP contribution in [0, 0.1) is 0 Å². The zero-order valence-electron chi connectivity index (χ0n) is 13.7. The topological polar surface area (TPSA) is 67.6 Å². The second kappa shape index (κ2) is 6.91. The average molecular weight is 329 g/mol. The number of benzene rings is 1. The van der Waals surface area contributed by atoms with E-state index < -0.39 is 0 Å². The highest BCUT2D eigenvalue weighted by atomic mass is 16.5. The lowest BCUT2D eigenvalue weighted by Crippen LogP contribution is -2.58. The maximum Gasteiger partial charge on any atom is 0.226 e. The van der Waals surface area contributed by atoms with Crippen molar-refractivity contribution in [2.45, 2.75) is 37.8 Å². The van der Waals surface area contributed by atoms with Gasteiger partial charge in [0.1, 0.15) is 5.69 Å². The summed E-state index contributed by atoms with van der Waals surface area (Å²) in [6.07, 6.45) is 3.64. The van der Waals surface area contributed by atoms with E-state index in [0.717, 1.165) is 50.0 Å². The number of fused-ring (bicyclic) bond motifs is 1. The predicted octanol–water partition coefficient (Wildman–Crippen LogP) is 1.74. The Morgan fingerprint density at radius 3 is 2.88 bits per heavy atom. The number of para-hydroxylation sites is 1. The maximum absolute atomic E-state index is 12.3. The molecule has 2 aliphatic heterocycles. The normalized spacial score (nSPS) is 22.4. The molecule has 1 aromatic carbocycles. The van der Waals surface area contributed by atoms with Crippen LogP contribution in [-0.4, -0.2) is 54.4 Å². The van der Waals surface area contributed by atoms with Crippen molar-refractivity contribution in [2.24, 2.45) is 0 Å². The minimum atomic E-state index is 0.00730. The summed E-state index contributed by atoms with van der Waals surface area (Å²) >= 11 is 0. The molecule has 2 aromatic rings. The molecule has 1 unspecified atom stereocenters. The number of aromatic nitrogens is 1. The molecule has 1 N–H and O–H groups in total. The highest BCUT2D eigenvalue weighted by Gasteiger charge is 2.34. The lowest BCUT2D eigenvalue weighted by Gasteiger charge is -2.47. The van der Waals surface area contributed by atoms with Gasteiger partial charge in [-0.25, -0.2) is 0 Å². The van der Waals surface area contributed by atoms with E-state index in [0.29, 0.717) is 24.3 Å². The quantitative estimate of drug-likeness (QED) is 0.905. The molecule has 1 amide bonds. The van der Waals surface area contributed by atoms with Gasteiger partial charge in [0.05, 0.1) is 6.42 Å². The summed E-state index contributed by atoms with van der Waals surface area (Å²) in [6.45, 7) is 3.57. The van der Waals surface area contributed by atoms with E-state index in [1.165, 1.54) is 0 Å². The zero-order chi connectivity index (χ0) is 16.4. The van der Waals surface area contributed by atoms with E-state index in [4.69, 9.17) is 9.26 Å². The zero-order valence-corrected chi connectivity index (χ0v) is 13.7. The van der Waals surface area contributed by atoms with Crippen LogP contribution in [0.2, 0.25) is 0 Å². The Morgan fingerprint density at radius 2 is 2.08 bits per heavy atom. The van der Waals surface area contributed by atoms with Crippen LogP contribution in [-0.2, 0) is 16.0 Å². The molecule has 6 nitrogen and oxygen atoms in total. The Balaban J connectivity index is 1.29. The van der Waals surface area contributed by atoms with Gasteiger partial charge in [0.25, 0.3) is 0 Å². The molecule has 2 fully saturated rings. The summed E-state index contributed by atoms with van der Waals surface area (Å²) < 4.78 is 10.7. The second-order valence-electron chi connectivity index (χ2n) is 6.63. The summed E-state index contributed by atoms with van der Waals surface area (Å²) in [6, 6.07) is 8.72. The van der Waals surface area contributed by atoms with Gasteiger partial charge in [0.2, 0.25) is 5.91 Å². The number of carbonyl (C=O) groups excluding carboxylic acids is 1. The highest BCUT2D eigenvalue weighted by Crippen LogP contribution is 2.25. The van der Waals surface area contributed by atoms with Gasteiger partial charge in [-0.1, -0.05) is 17.3 Å². The summed E-state index contributed by atoms with van der Waals surface area (Å²) in [7, 11) is 0. The first-order valence-electron chi connectivity index (χ1n) is 8.75. The molecular weight excluding hydrogens is 306 g/mol. The molecule has 24 heavy (non-hydrogen) atoms. The van der Waals surface area contributed by atoms with Crippen molar-refractivity contribution < 1.29 is 14.1 Å². The fourth-order valence-corrected chi connectivity index (χ4v) is 3.69. The largest absolute Gasteiger partial charge is 0.381 e. The van der Waals surface area contributed by atoms with Crippen molar-refractivity contribution in [1.82, 2.24) is 15.4 Å². The van der Waals surface area contributed by atoms with Crippen molar-refractivity contribution in [3.63, 3.8) is 0 Å². The summed E-state index contributed by atoms with van der Waals surface area (Å²) in [5.74, 6) is 0.00730. The molecule has 0 aliphatic carbocycles. The van der Waals surface area contributed by atoms with Gasteiger partial charge >= 0.3 is 0 Å². The monoisotopic (exact) mass is 329 g/mol. The van der Waals surface area contributed by atoms with Gasteiger partial charge in [0.15, 0.2) is 5.58 Å². The van der Waals surface area contributed by atoms with Gasteiger partial charge < -0.3 is 14.6 Å². The van der Waals surface area contributed by atoms with Gasteiger partial charge in [0, 0.05) is 43.8 Å². The van der Waals surface area contributed by atoms with Gasteiger partial charge in [-0.3, -0.25) is 9.69 Å². The minimum Gasteiger partial charge on any atom is -0.381 e. The smallest absolute Gasteiger partial charge is 0.226 e. The van der Waals surface area contributed by atoms with Crippen LogP contribution in [0.3, 0.4) is 0 Å². The van der Waals surface area contributed by atoms with Crippen molar-refractivity contribution >= 4 is 16.9 Å². The number of hydrogen-bond donors (Lipinski definition) is 1. The molecular formula is C18H23N3O3. The Hall–Kier alpha value is -1.92. The standard InChI is InChI=1S/C18H23N3O3/c22-18(11-16-15-3-1-2-4-17(15)24-20-16)19-12-14-5-8-21(14)13-6-9-23-10-7-13/h1-4,13-14H,5-12H2,(H,19,22). The van der Waals surface area contributed by atoms with Crippen LogP contribution < -0.4 is 5.32 Å². The Morgan fingerprint density at radius 1 is 1.25 bits per heavy atom. The number of rotatable bonds is 5. The van der Waals surface area contributed by atoms with E-state index in [-0.39, 0.29) is 12.3 Å². The van der Waals surface area contributed by atoms with Crippen LogP contribution in [0.4, 0.5) is 0 Å². The first kappa shape index (κ1) is 15.6. The van der Waals surface area contributed by atoms with E-state index >= 15 is 0 Å². The molecule has 4 rings (SSSR count). The molecule has 6 heteroatoms. The second-order valence-corrected chi connectivity index (χ2v) is 6.63. The number of hydrogen-bond acceptors (Lipinski definition) is 5. The van der Waals surface area contributed by atoms with Crippen LogP contribution >= 0.6 is 0 Å². The molecule has 0 radical (unpaired) electrons. The van der Waals surface area contributed by atoms with Crippen molar-refractivity contribution in [1.29, 1.82) is 0 Å². The van der Waals surface area contributed by atoms with E-state index in [2.05, 4.69) is 15.4 Å². The summed E-state index contributed by atoms with van der Waals surface area (Å²) in [5.41, 5.74) is 1.43. The van der Waals surface area contributed by atoms with Crippen molar-refractivity contribution in [2.75, 3.05) is 26.3 Å². The third kappa shape index (κ3) is 3.16. The lowest BCUT2D eigenvalue weighted by atomic mass is 9.95. The highest BCUT2D eigenvalue weighted by molar-refractivity contribution is 5.86. The molecule has 2 saturated heterocycles. The number of likely N-dealkylation sites (tertiary alicyclic amines) is 1. The predicted molar refractivity (Wildman–Crippen MR) is 89.7 cm³/mol. The van der Waals surface area contributed by atoms with Crippen molar-refractivity contribution in [3.05, 3.63) is 30.0 Å². The van der Waals surface area contributed by atoms with Crippen LogP contribution in [0.1, 0.15) is 25.0 Å². The first-order chi connectivity index (χ1) is 11.8. The number of nitrogens with one attached hydrogen (secondary N) is 1. The van der Waals surface area contributed by atoms with E-state index in [1.807, 2.05) is 24.3 Å². The third-order valence-electron chi connectivity index (χ3n) is 5.16. The number of amides is 1. The van der Waals surface area contributed by atoms with Gasteiger partial charge in [-0.15, -0.1) is 0 Å². The maximum atomic E-state index is 12.3. The molecule has 3 heterocycles. The van der Waals surface area contributed by atoms with Crippen LogP contribution in [0.5, 0.6) is 0 Å². The molecule has 1 aromatic heterocycles. The van der Waals surface area contributed by atoms with E-state index in [1.54, 1.807) is 0 Å². The van der Waals surface area contributed by atoms with Gasteiger partial charge in [-0.2, -0.15) is 0 Å². The first-order valence-corrected chi connectivity index (χ1v) is 8.75. The minimum absolute atomic E-state index is 0.00730. The van der Waals surface area contributed by atoms with E-state index in [9.17, 15) is 4.79 Å². The number of ether oxygens (including phenoxy) is 1. The Bertz CT molecular complexity index is 708. The SMILES string of the molecule is O=C(Cc1noc2ccccc12)NCC1CCN1C1CCOCC1. The van der Waals surface area contributed by atoms with Crippen LogP contribution in [0.15, 0.2) is 28.8 Å². The molecule has 0 bridgehead atoms. The Labute approximate surface area is 141 Å². The molecule has 128 valence electrons. The average Bonchev–Trinajstić information content (AvgIpc) is 2.98. The summed E-state index contributed by atoms with van der Waals surface area (Å²) in [5, 5.41) is 8.00. The Kier molecular flexibility index (Phi) is 4.49. The fourth-order valence-electron chi connectivity index (χ4n) is 3.69. The van der Waals surface area contributed by atoms with Crippen molar-refractivity contribution in [3.8, 4) is 0 Å². The molecule has 2 aliphatic rings. The third-order valence-corrected chi connectivity index (χ3v) is 5.16. The van der Waals surface area contributed by atoms with Crippen LogP contribution in [0.25, 0.3) is 11.0 Å². The summed E-state index contributed by atoms with van der Waals surface area (Å²) in [4.78, 5) is 14.8. The lowest BCUT2D eigenvalue weighted by molar-refractivity contribution is -0.121. The number of carbonyl (C=O) groups is 1. The molecule has 1 atom stereocenters. The number of nitrogens with zero attached hydrogens (tertiary/aromatic N) is 2.